The molecule has 2 nitrogen and oxygen atoms in total. The third kappa shape index (κ3) is 7.60. The number of rotatable bonds is 11. The Balaban J connectivity index is 2.13. The van der Waals surface area contributed by atoms with Crippen LogP contribution < -0.4 is 4.74 Å². The first-order valence-electron chi connectivity index (χ1n) is 7.64. The molecule has 1 aromatic rings. The van der Waals surface area contributed by atoms with E-state index >= 15 is 0 Å². The van der Waals surface area contributed by atoms with Crippen LogP contribution in [0.3, 0.4) is 0 Å². The van der Waals surface area contributed by atoms with Crippen molar-refractivity contribution in [2.45, 2.75) is 51.9 Å². The lowest BCUT2D eigenvalue weighted by Crippen LogP contribution is -2.01. The number of ketones is 1. The highest BCUT2D eigenvalue weighted by Gasteiger charge is 2.08. The lowest BCUT2D eigenvalue weighted by atomic mass is 10.1. The number of benzene rings is 1. The molecule has 0 saturated carbocycles. The van der Waals surface area contributed by atoms with Crippen LogP contribution in [0.5, 0.6) is 5.75 Å². The summed E-state index contributed by atoms with van der Waals surface area (Å²) in [7, 11) is 0. The van der Waals surface area contributed by atoms with E-state index in [0.717, 1.165) is 18.2 Å². The number of unbranched alkanes of at least 4 members (excludes halogenated alkanes) is 6. The molecule has 0 heterocycles. The lowest BCUT2D eigenvalue weighted by molar-refractivity contribution is 0.101. The van der Waals surface area contributed by atoms with Gasteiger partial charge in [0.15, 0.2) is 5.78 Å². The molecule has 0 radical (unpaired) electrons. The maximum atomic E-state index is 13.6. The van der Waals surface area contributed by atoms with E-state index in [2.05, 4.69) is 15.9 Å². The molecule has 0 fully saturated rings. The van der Waals surface area contributed by atoms with Gasteiger partial charge < -0.3 is 4.74 Å². The second kappa shape index (κ2) is 10.8. The average Bonchev–Trinajstić information content (AvgIpc) is 2.45. The molecule has 1 aromatic carbocycles. The minimum Gasteiger partial charge on any atom is -0.493 e. The van der Waals surface area contributed by atoms with Crippen LogP contribution in [-0.4, -0.2) is 17.7 Å². The molecular formula is C17H24BrFO2. The molecule has 0 atom stereocenters. The minimum absolute atomic E-state index is 0.117. The van der Waals surface area contributed by atoms with Crippen molar-refractivity contribution in [2.75, 3.05) is 11.9 Å². The SMILES string of the molecule is CC(=O)c1ccc(OCCCCCCCCCBr)cc1F. The third-order valence-electron chi connectivity index (χ3n) is 3.37. The van der Waals surface area contributed by atoms with Crippen molar-refractivity contribution in [1.82, 2.24) is 0 Å². The van der Waals surface area contributed by atoms with Crippen molar-refractivity contribution in [2.24, 2.45) is 0 Å². The first kappa shape index (κ1) is 18.1. The first-order chi connectivity index (χ1) is 10.1. The second-order valence-electron chi connectivity index (χ2n) is 5.21. The Kier molecular flexibility index (Phi) is 9.31. The van der Waals surface area contributed by atoms with Crippen molar-refractivity contribution in [3.63, 3.8) is 0 Å². The predicted molar refractivity (Wildman–Crippen MR) is 88.0 cm³/mol. The predicted octanol–water partition coefficient (Wildman–Crippen LogP) is 5.53. The van der Waals surface area contributed by atoms with Gasteiger partial charge in [0.1, 0.15) is 11.6 Å². The average molecular weight is 359 g/mol. The van der Waals surface area contributed by atoms with Gasteiger partial charge in [-0.3, -0.25) is 4.79 Å². The van der Waals surface area contributed by atoms with Crippen molar-refractivity contribution in [3.8, 4) is 5.75 Å². The van der Waals surface area contributed by atoms with Gasteiger partial charge in [0.05, 0.1) is 12.2 Å². The van der Waals surface area contributed by atoms with Gasteiger partial charge in [-0.05, 0) is 31.9 Å². The van der Waals surface area contributed by atoms with Gasteiger partial charge in [-0.15, -0.1) is 0 Å². The molecule has 0 N–H and O–H groups in total. The Morgan fingerprint density at radius 2 is 1.71 bits per heavy atom. The topological polar surface area (TPSA) is 26.3 Å². The molecule has 21 heavy (non-hydrogen) atoms. The van der Waals surface area contributed by atoms with Gasteiger partial charge >= 0.3 is 0 Å². The van der Waals surface area contributed by atoms with E-state index in [1.54, 1.807) is 6.07 Å². The molecule has 0 bridgehead atoms. The van der Waals surface area contributed by atoms with Gasteiger partial charge in [-0.1, -0.05) is 48.0 Å². The smallest absolute Gasteiger partial charge is 0.162 e. The number of alkyl halides is 1. The lowest BCUT2D eigenvalue weighted by Gasteiger charge is -2.07. The largest absolute Gasteiger partial charge is 0.493 e. The summed E-state index contributed by atoms with van der Waals surface area (Å²) in [6.07, 6.45) is 8.47. The zero-order chi connectivity index (χ0) is 15.5. The van der Waals surface area contributed by atoms with Crippen molar-refractivity contribution >= 4 is 21.7 Å². The normalized spacial score (nSPS) is 10.6. The molecular weight excluding hydrogens is 335 g/mol. The van der Waals surface area contributed by atoms with Crippen LogP contribution >= 0.6 is 15.9 Å². The zero-order valence-electron chi connectivity index (χ0n) is 12.7. The summed E-state index contributed by atoms with van der Waals surface area (Å²) in [5.41, 5.74) is 0.117. The molecule has 0 amide bonds. The first-order valence-corrected chi connectivity index (χ1v) is 8.76. The number of hydrogen-bond donors (Lipinski definition) is 0. The van der Waals surface area contributed by atoms with Crippen LogP contribution in [0, 0.1) is 5.82 Å². The van der Waals surface area contributed by atoms with Crippen LogP contribution in [0.25, 0.3) is 0 Å². The van der Waals surface area contributed by atoms with Gasteiger partial charge in [0.2, 0.25) is 0 Å². The molecule has 0 aliphatic carbocycles. The van der Waals surface area contributed by atoms with Crippen molar-refractivity contribution in [1.29, 1.82) is 0 Å². The van der Waals surface area contributed by atoms with Crippen molar-refractivity contribution in [3.05, 3.63) is 29.6 Å². The maximum Gasteiger partial charge on any atom is 0.162 e. The Bertz CT molecular complexity index is 435. The Morgan fingerprint density at radius 1 is 1.10 bits per heavy atom. The van der Waals surface area contributed by atoms with Crippen molar-refractivity contribution < 1.29 is 13.9 Å². The van der Waals surface area contributed by atoms with Gasteiger partial charge in [-0.2, -0.15) is 0 Å². The number of carbonyl (C=O) groups excluding carboxylic acids is 1. The summed E-state index contributed by atoms with van der Waals surface area (Å²) in [6.45, 7) is 1.96. The number of halogens is 2. The van der Waals surface area contributed by atoms with E-state index in [9.17, 15) is 9.18 Å². The molecule has 0 aliphatic rings. The van der Waals surface area contributed by atoms with Crippen LogP contribution in [0.4, 0.5) is 4.39 Å². The fourth-order valence-corrected chi connectivity index (χ4v) is 2.54. The number of ether oxygens (including phenoxy) is 1. The van der Waals surface area contributed by atoms with E-state index in [4.69, 9.17) is 4.74 Å². The highest BCUT2D eigenvalue weighted by atomic mass is 79.9. The summed E-state index contributed by atoms with van der Waals surface area (Å²) in [5, 5.41) is 1.10. The van der Waals surface area contributed by atoms with E-state index in [0.29, 0.717) is 12.4 Å². The Labute approximate surface area is 135 Å². The van der Waals surface area contributed by atoms with E-state index in [1.807, 2.05) is 0 Å². The quantitative estimate of drug-likeness (QED) is 0.295. The molecule has 0 unspecified atom stereocenters. The van der Waals surface area contributed by atoms with Crippen LogP contribution in [-0.2, 0) is 0 Å². The third-order valence-corrected chi connectivity index (χ3v) is 3.93. The number of Topliss-reactive ketones (excluding diaryl/α,β-unsaturated/α-hetero) is 1. The van der Waals surface area contributed by atoms with E-state index < -0.39 is 5.82 Å². The van der Waals surface area contributed by atoms with Crippen LogP contribution in [0.2, 0.25) is 0 Å². The highest BCUT2D eigenvalue weighted by molar-refractivity contribution is 9.09. The molecule has 118 valence electrons. The minimum atomic E-state index is -0.508. The van der Waals surface area contributed by atoms with Gasteiger partial charge in [0, 0.05) is 11.4 Å². The van der Waals surface area contributed by atoms with Gasteiger partial charge in [0.25, 0.3) is 0 Å². The van der Waals surface area contributed by atoms with E-state index in [-0.39, 0.29) is 11.3 Å². The molecule has 0 aromatic heterocycles. The number of hydrogen-bond acceptors (Lipinski definition) is 2. The Hall–Kier alpha value is -0.900. The highest BCUT2D eigenvalue weighted by Crippen LogP contribution is 2.17. The molecule has 4 heteroatoms. The molecule has 1 rings (SSSR count). The van der Waals surface area contributed by atoms with Crippen LogP contribution in [0.1, 0.15) is 62.2 Å². The van der Waals surface area contributed by atoms with Crippen LogP contribution in [0.15, 0.2) is 18.2 Å². The summed E-state index contributed by atoms with van der Waals surface area (Å²) in [4.78, 5) is 11.1. The zero-order valence-corrected chi connectivity index (χ0v) is 14.3. The van der Waals surface area contributed by atoms with E-state index in [1.165, 1.54) is 51.2 Å². The maximum absolute atomic E-state index is 13.6. The Morgan fingerprint density at radius 3 is 2.29 bits per heavy atom. The molecule has 0 aliphatic heterocycles. The standard InChI is InChI=1S/C17H24BrFO2/c1-14(20)16-10-9-15(13-17(16)19)21-12-8-6-4-2-3-5-7-11-18/h9-10,13H,2-8,11-12H2,1H3. The van der Waals surface area contributed by atoms with Gasteiger partial charge in [-0.25, -0.2) is 4.39 Å². The summed E-state index contributed by atoms with van der Waals surface area (Å²) < 4.78 is 19.1. The second-order valence-corrected chi connectivity index (χ2v) is 6.00. The summed E-state index contributed by atoms with van der Waals surface area (Å²) in [5.74, 6) is -0.277. The monoisotopic (exact) mass is 358 g/mol. The summed E-state index contributed by atoms with van der Waals surface area (Å²) >= 11 is 3.43. The molecule has 0 saturated heterocycles. The fraction of sp³-hybridized carbons (Fsp3) is 0.588. The summed E-state index contributed by atoms with van der Waals surface area (Å²) in [6, 6.07) is 4.42. The molecule has 0 spiro atoms. The fourth-order valence-electron chi connectivity index (χ4n) is 2.14. The number of carbonyl (C=O) groups is 1.